The van der Waals surface area contributed by atoms with Crippen LogP contribution in [0.3, 0.4) is 0 Å². The Bertz CT molecular complexity index is 946. The van der Waals surface area contributed by atoms with Crippen LogP contribution < -0.4 is 5.32 Å². The summed E-state index contributed by atoms with van der Waals surface area (Å²) in [5.41, 5.74) is 3.12. The van der Waals surface area contributed by atoms with E-state index in [4.69, 9.17) is 9.98 Å². The number of rotatable bonds is 3. The average Bonchev–Trinajstić information content (AvgIpc) is 2.85. The Kier molecular flexibility index (Phi) is 5.81. The molecule has 150 valence electrons. The highest BCUT2D eigenvalue weighted by Gasteiger charge is 2.27. The van der Waals surface area contributed by atoms with Crippen molar-refractivity contribution in [2.24, 2.45) is 9.98 Å². The smallest absolute Gasteiger partial charge is 0.239 e. The third-order valence-electron chi connectivity index (χ3n) is 5.40. The average molecular weight is 392 g/mol. The van der Waals surface area contributed by atoms with Crippen LogP contribution in [0.4, 0.5) is 15.8 Å². The summed E-state index contributed by atoms with van der Waals surface area (Å²) in [7, 11) is 0. The topological polar surface area (TPSA) is 57.1 Å². The van der Waals surface area contributed by atoms with Gasteiger partial charge in [-0.1, -0.05) is 30.7 Å². The number of para-hydroxylation sites is 2. The van der Waals surface area contributed by atoms with Gasteiger partial charge in [-0.15, -0.1) is 0 Å². The lowest BCUT2D eigenvalue weighted by atomic mass is 9.93. The first-order valence-corrected chi connectivity index (χ1v) is 10.1. The van der Waals surface area contributed by atoms with Crippen LogP contribution in [0.15, 0.2) is 58.5 Å². The van der Waals surface area contributed by atoms with Crippen molar-refractivity contribution in [3.8, 4) is 0 Å². The number of amidine groups is 1. The number of piperidine rings is 1. The van der Waals surface area contributed by atoms with Crippen LogP contribution in [0.1, 0.15) is 37.7 Å². The van der Waals surface area contributed by atoms with Gasteiger partial charge in [-0.3, -0.25) is 14.7 Å². The number of benzene rings is 2. The van der Waals surface area contributed by atoms with Crippen LogP contribution in [0, 0.1) is 5.82 Å². The zero-order chi connectivity index (χ0) is 20.2. The number of hydrogen-bond acceptors (Lipinski definition) is 4. The molecule has 0 bridgehead atoms. The second kappa shape index (κ2) is 8.66. The highest BCUT2D eigenvalue weighted by Crippen LogP contribution is 2.34. The fraction of sp³-hybridized carbons (Fsp3) is 0.348. The minimum atomic E-state index is -0.340. The van der Waals surface area contributed by atoms with Gasteiger partial charge in [0, 0.05) is 5.71 Å². The van der Waals surface area contributed by atoms with E-state index in [9.17, 15) is 9.18 Å². The van der Waals surface area contributed by atoms with Crippen LogP contribution >= 0.6 is 0 Å². The number of nitrogens with one attached hydrogen (secondary N) is 1. The molecule has 2 aliphatic rings. The molecule has 0 aromatic heterocycles. The molecule has 0 radical (unpaired) electrons. The summed E-state index contributed by atoms with van der Waals surface area (Å²) in [4.78, 5) is 24.5. The van der Waals surface area contributed by atoms with Crippen molar-refractivity contribution in [3.05, 3.63) is 59.9 Å². The van der Waals surface area contributed by atoms with Crippen LogP contribution in [0.2, 0.25) is 0 Å². The van der Waals surface area contributed by atoms with Gasteiger partial charge in [0.15, 0.2) is 0 Å². The van der Waals surface area contributed by atoms with Crippen molar-refractivity contribution < 1.29 is 9.18 Å². The number of carbonyl (C=O) groups excluding carboxylic acids is 1. The predicted octanol–water partition coefficient (Wildman–Crippen LogP) is 4.35. The summed E-state index contributed by atoms with van der Waals surface area (Å²) < 4.78 is 13.5. The van der Waals surface area contributed by atoms with Gasteiger partial charge >= 0.3 is 0 Å². The molecule has 1 atom stereocenters. The van der Waals surface area contributed by atoms with Gasteiger partial charge in [0.25, 0.3) is 0 Å². The molecule has 1 saturated heterocycles. The third-order valence-corrected chi connectivity index (χ3v) is 5.40. The molecule has 0 saturated carbocycles. The lowest BCUT2D eigenvalue weighted by Gasteiger charge is -2.26. The number of hydrogen-bond donors (Lipinski definition) is 1. The SMILES string of the molecule is CC1=Nc2ccccc2N=C(NC(=O)CN2CCCCC2)[C@@H]1c1ccc(F)cc1. The number of nitrogens with zero attached hydrogens (tertiary/aromatic N) is 3. The zero-order valence-electron chi connectivity index (χ0n) is 16.6. The number of carbonyl (C=O) groups is 1. The van der Waals surface area contributed by atoms with Gasteiger partial charge < -0.3 is 5.32 Å². The summed E-state index contributed by atoms with van der Waals surface area (Å²) >= 11 is 0. The standard InChI is InChI=1S/C23H25FN4O/c1-16-22(17-9-11-18(24)12-10-17)23(26-20-8-4-3-7-19(20)25-16)27-21(29)15-28-13-5-2-6-14-28/h3-4,7-12,22H,2,5-6,13-15H2,1H3,(H,26,27,29)/t22-/m0/s1. The molecule has 0 spiro atoms. The molecular weight excluding hydrogens is 367 g/mol. The Balaban J connectivity index is 1.66. The van der Waals surface area contributed by atoms with Crippen molar-refractivity contribution in [1.82, 2.24) is 10.2 Å². The number of halogens is 1. The largest absolute Gasteiger partial charge is 0.312 e. The van der Waals surface area contributed by atoms with E-state index in [1.54, 1.807) is 12.1 Å². The molecule has 1 N–H and O–H groups in total. The summed E-state index contributed by atoms with van der Waals surface area (Å²) in [6, 6.07) is 13.9. The Hall–Kier alpha value is -2.86. The molecule has 2 aromatic carbocycles. The van der Waals surface area contributed by atoms with Crippen LogP contribution in [-0.2, 0) is 4.79 Å². The van der Waals surface area contributed by atoms with E-state index in [0.717, 1.165) is 42.9 Å². The number of likely N-dealkylation sites (tertiary alicyclic amines) is 1. The lowest BCUT2D eigenvalue weighted by Crippen LogP contribution is -2.44. The lowest BCUT2D eigenvalue weighted by molar-refractivity contribution is -0.121. The summed E-state index contributed by atoms with van der Waals surface area (Å²) in [6.45, 7) is 4.17. The summed E-state index contributed by atoms with van der Waals surface area (Å²) in [5, 5.41) is 3.04. The maximum atomic E-state index is 13.5. The van der Waals surface area contributed by atoms with Crippen molar-refractivity contribution >= 4 is 28.8 Å². The van der Waals surface area contributed by atoms with E-state index in [1.807, 2.05) is 31.2 Å². The minimum absolute atomic E-state index is 0.0788. The van der Waals surface area contributed by atoms with E-state index in [-0.39, 0.29) is 17.6 Å². The number of aliphatic imine (C=N–C) groups is 2. The van der Waals surface area contributed by atoms with Crippen molar-refractivity contribution in [2.45, 2.75) is 32.1 Å². The molecule has 0 unspecified atom stereocenters. The number of fused-ring (bicyclic) bond motifs is 1. The van der Waals surface area contributed by atoms with Crippen molar-refractivity contribution in [3.63, 3.8) is 0 Å². The van der Waals surface area contributed by atoms with E-state index < -0.39 is 0 Å². The van der Waals surface area contributed by atoms with Crippen LogP contribution in [0.5, 0.6) is 0 Å². The summed E-state index contributed by atoms with van der Waals surface area (Å²) in [5.74, 6) is -0.184. The normalized spacial score (nSPS) is 19.6. The van der Waals surface area contributed by atoms with Gasteiger partial charge in [-0.2, -0.15) is 0 Å². The van der Waals surface area contributed by atoms with E-state index in [0.29, 0.717) is 18.1 Å². The number of amides is 1. The molecular formula is C23H25FN4O. The van der Waals surface area contributed by atoms with E-state index in [1.165, 1.54) is 18.6 Å². The minimum Gasteiger partial charge on any atom is -0.312 e. The maximum absolute atomic E-state index is 13.5. The van der Waals surface area contributed by atoms with Gasteiger partial charge in [0.2, 0.25) is 5.91 Å². The first-order valence-electron chi connectivity index (χ1n) is 10.1. The van der Waals surface area contributed by atoms with Crippen molar-refractivity contribution in [2.75, 3.05) is 19.6 Å². The fourth-order valence-corrected chi connectivity index (χ4v) is 3.96. The molecule has 2 heterocycles. The summed E-state index contributed by atoms with van der Waals surface area (Å²) in [6.07, 6.45) is 3.49. The first kappa shape index (κ1) is 19.5. The van der Waals surface area contributed by atoms with Crippen LogP contribution in [-0.4, -0.2) is 42.0 Å². The third kappa shape index (κ3) is 4.59. The van der Waals surface area contributed by atoms with E-state index >= 15 is 0 Å². The van der Waals surface area contributed by atoms with Gasteiger partial charge in [0.05, 0.1) is 23.8 Å². The second-order valence-electron chi connectivity index (χ2n) is 7.61. The van der Waals surface area contributed by atoms with Gasteiger partial charge in [0.1, 0.15) is 11.7 Å². The Morgan fingerprint density at radius 2 is 1.69 bits per heavy atom. The van der Waals surface area contributed by atoms with Crippen molar-refractivity contribution in [1.29, 1.82) is 0 Å². The zero-order valence-corrected chi connectivity index (χ0v) is 16.6. The maximum Gasteiger partial charge on any atom is 0.239 e. The molecule has 29 heavy (non-hydrogen) atoms. The molecule has 2 aromatic rings. The highest BCUT2D eigenvalue weighted by atomic mass is 19.1. The molecule has 0 aliphatic carbocycles. The van der Waals surface area contributed by atoms with Crippen LogP contribution in [0.25, 0.3) is 0 Å². The fourth-order valence-electron chi connectivity index (χ4n) is 3.96. The Labute approximate surface area is 170 Å². The van der Waals surface area contributed by atoms with Gasteiger partial charge in [-0.25, -0.2) is 9.38 Å². The molecule has 5 nitrogen and oxygen atoms in total. The van der Waals surface area contributed by atoms with Gasteiger partial charge in [-0.05, 0) is 62.7 Å². The predicted molar refractivity (Wildman–Crippen MR) is 114 cm³/mol. The second-order valence-corrected chi connectivity index (χ2v) is 7.61. The van der Waals surface area contributed by atoms with E-state index in [2.05, 4.69) is 10.2 Å². The molecule has 2 aliphatic heterocycles. The highest BCUT2D eigenvalue weighted by molar-refractivity contribution is 6.17. The first-order chi connectivity index (χ1) is 14.1. The Morgan fingerprint density at radius 1 is 1.03 bits per heavy atom. The molecule has 6 heteroatoms. The molecule has 1 fully saturated rings. The quantitative estimate of drug-likeness (QED) is 0.844. The molecule has 1 amide bonds. The molecule has 4 rings (SSSR count). The monoisotopic (exact) mass is 392 g/mol. The Morgan fingerprint density at radius 3 is 2.38 bits per heavy atom.